The highest BCUT2D eigenvalue weighted by atomic mass is 16.5. The van der Waals surface area contributed by atoms with Gasteiger partial charge in [0.05, 0.1) is 25.3 Å². The van der Waals surface area contributed by atoms with Gasteiger partial charge in [0.15, 0.2) is 0 Å². The van der Waals surface area contributed by atoms with E-state index in [4.69, 9.17) is 14.9 Å². The minimum Gasteiger partial charge on any atom is -0.463 e. The first-order valence-corrected chi connectivity index (χ1v) is 6.24. The van der Waals surface area contributed by atoms with Gasteiger partial charge in [0, 0.05) is 13.1 Å². The molecule has 0 aliphatic carbocycles. The largest absolute Gasteiger partial charge is 0.463 e. The Labute approximate surface area is 103 Å². The van der Waals surface area contributed by atoms with E-state index in [1.807, 2.05) is 6.92 Å². The zero-order chi connectivity index (χ0) is 12.4. The van der Waals surface area contributed by atoms with Gasteiger partial charge in [-0.25, -0.2) is 0 Å². The average molecular weight is 238 g/mol. The number of ether oxygens (including phenoxy) is 1. The van der Waals surface area contributed by atoms with Gasteiger partial charge in [-0.3, -0.25) is 4.90 Å². The minimum atomic E-state index is 0.295. The minimum absolute atomic E-state index is 0.295. The summed E-state index contributed by atoms with van der Waals surface area (Å²) in [7, 11) is 0. The summed E-state index contributed by atoms with van der Waals surface area (Å²) in [4.78, 5) is 2.37. The van der Waals surface area contributed by atoms with Gasteiger partial charge in [0.2, 0.25) is 0 Å². The number of rotatable bonds is 3. The smallest absolute Gasteiger partial charge is 0.120 e. The number of furan rings is 1. The second-order valence-electron chi connectivity index (χ2n) is 4.97. The summed E-state index contributed by atoms with van der Waals surface area (Å²) >= 11 is 0. The molecule has 1 aliphatic rings. The van der Waals surface area contributed by atoms with Crippen molar-refractivity contribution in [3.63, 3.8) is 0 Å². The molecule has 0 radical (unpaired) electrons. The molecule has 96 valence electrons. The SMILES string of the molecule is Cc1cc(CN2C[C@@H](C)O[C@@H](C)C2)oc1CN. The van der Waals surface area contributed by atoms with E-state index in [0.717, 1.165) is 36.7 Å². The molecule has 17 heavy (non-hydrogen) atoms. The first kappa shape index (κ1) is 12.6. The molecule has 2 heterocycles. The molecule has 1 aromatic heterocycles. The van der Waals surface area contributed by atoms with E-state index in [1.54, 1.807) is 0 Å². The Balaban J connectivity index is 1.99. The first-order chi connectivity index (χ1) is 8.08. The maximum Gasteiger partial charge on any atom is 0.120 e. The molecule has 4 heteroatoms. The maximum atomic E-state index is 5.73. The zero-order valence-electron chi connectivity index (χ0n) is 10.9. The third kappa shape index (κ3) is 3.09. The van der Waals surface area contributed by atoms with Crippen molar-refractivity contribution in [2.45, 2.75) is 46.1 Å². The van der Waals surface area contributed by atoms with Crippen LogP contribution in [0.3, 0.4) is 0 Å². The van der Waals surface area contributed by atoms with Crippen LogP contribution in [-0.2, 0) is 17.8 Å². The van der Waals surface area contributed by atoms with E-state index in [2.05, 4.69) is 24.8 Å². The lowest BCUT2D eigenvalue weighted by Crippen LogP contribution is -2.44. The molecule has 0 aromatic carbocycles. The Kier molecular flexibility index (Phi) is 3.86. The van der Waals surface area contributed by atoms with Crippen LogP contribution in [0.4, 0.5) is 0 Å². The summed E-state index contributed by atoms with van der Waals surface area (Å²) < 4.78 is 11.4. The van der Waals surface area contributed by atoms with Crippen LogP contribution >= 0.6 is 0 Å². The van der Waals surface area contributed by atoms with E-state index < -0.39 is 0 Å². The highest BCUT2D eigenvalue weighted by Gasteiger charge is 2.23. The van der Waals surface area contributed by atoms with Crippen LogP contribution in [0, 0.1) is 6.92 Å². The molecule has 1 aliphatic heterocycles. The van der Waals surface area contributed by atoms with E-state index >= 15 is 0 Å². The van der Waals surface area contributed by atoms with Gasteiger partial charge >= 0.3 is 0 Å². The molecule has 1 fully saturated rings. The van der Waals surface area contributed by atoms with Crippen LogP contribution in [0.5, 0.6) is 0 Å². The molecular formula is C13H22N2O2. The Hall–Kier alpha value is -0.840. The predicted molar refractivity (Wildman–Crippen MR) is 66.6 cm³/mol. The summed E-state index contributed by atoms with van der Waals surface area (Å²) in [5.74, 6) is 1.90. The molecule has 2 rings (SSSR count). The van der Waals surface area contributed by atoms with Crippen molar-refractivity contribution in [2.24, 2.45) is 5.73 Å². The summed E-state index contributed by atoms with van der Waals surface area (Å²) in [5.41, 5.74) is 6.76. The second kappa shape index (κ2) is 5.21. The maximum absolute atomic E-state index is 5.73. The van der Waals surface area contributed by atoms with Gasteiger partial charge in [-0.1, -0.05) is 0 Å². The highest BCUT2D eigenvalue weighted by molar-refractivity contribution is 5.19. The molecule has 1 aromatic rings. The third-order valence-electron chi connectivity index (χ3n) is 3.13. The van der Waals surface area contributed by atoms with Gasteiger partial charge in [-0.15, -0.1) is 0 Å². The molecule has 0 spiro atoms. The van der Waals surface area contributed by atoms with Crippen molar-refractivity contribution in [2.75, 3.05) is 13.1 Å². The lowest BCUT2D eigenvalue weighted by molar-refractivity contribution is -0.0718. The standard InChI is InChI=1S/C13H22N2O2/c1-9-4-12(17-13(9)5-14)8-15-6-10(2)16-11(3)7-15/h4,10-11H,5-8,14H2,1-3H3/t10-,11+. The Morgan fingerprint density at radius 3 is 2.53 bits per heavy atom. The summed E-state index contributed by atoms with van der Waals surface area (Å²) in [6, 6.07) is 2.09. The molecule has 0 unspecified atom stereocenters. The number of aryl methyl sites for hydroxylation is 1. The molecule has 4 nitrogen and oxygen atoms in total. The monoisotopic (exact) mass is 238 g/mol. The first-order valence-electron chi connectivity index (χ1n) is 6.24. The normalized spacial score (nSPS) is 26.4. The van der Waals surface area contributed by atoms with E-state index in [0.29, 0.717) is 18.8 Å². The van der Waals surface area contributed by atoms with Crippen molar-refractivity contribution >= 4 is 0 Å². The van der Waals surface area contributed by atoms with Crippen molar-refractivity contribution < 1.29 is 9.15 Å². The van der Waals surface area contributed by atoms with E-state index in [1.165, 1.54) is 0 Å². The molecule has 2 atom stereocenters. The van der Waals surface area contributed by atoms with Crippen molar-refractivity contribution in [1.82, 2.24) is 4.90 Å². The van der Waals surface area contributed by atoms with Crippen molar-refractivity contribution in [1.29, 1.82) is 0 Å². The van der Waals surface area contributed by atoms with Crippen LogP contribution in [0.25, 0.3) is 0 Å². The molecule has 0 amide bonds. The fourth-order valence-corrected chi connectivity index (χ4v) is 2.50. The van der Waals surface area contributed by atoms with E-state index in [-0.39, 0.29) is 0 Å². The Bertz CT molecular complexity index is 365. The van der Waals surface area contributed by atoms with Crippen LogP contribution in [-0.4, -0.2) is 30.2 Å². The third-order valence-corrected chi connectivity index (χ3v) is 3.13. The fourth-order valence-electron chi connectivity index (χ4n) is 2.50. The summed E-state index contributed by atoms with van der Waals surface area (Å²) in [6.45, 7) is 9.51. The van der Waals surface area contributed by atoms with Gasteiger partial charge in [-0.2, -0.15) is 0 Å². The second-order valence-corrected chi connectivity index (χ2v) is 4.97. The van der Waals surface area contributed by atoms with Gasteiger partial charge in [0.25, 0.3) is 0 Å². The number of hydrogen-bond donors (Lipinski definition) is 1. The Morgan fingerprint density at radius 1 is 1.35 bits per heavy atom. The lowest BCUT2D eigenvalue weighted by Gasteiger charge is -2.34. The van der Waals surface area contributed by atoms with Gasteiger partial charge in [0.1, 0.15) is 11.5 Å². The number of hydrogen-bond acceptors (Lipinski definition) is 4. The Morgan fingerprint density at radius 2 is 2.00 bits per heavy atom. The van der Waals surface area contributed by atoms with Crippen molar-refractivity contribution in [3.05, 3.63) is 23.2 Å². The van der Waals surface area contributed by atoms with Crippen LogP contribution < -0.4 is 5.73 Å². The number of morpholine rings is 1. The lowest BCUT2D eigenvalue weighted by atomic mass is 10.2. The molecule has 2 N–H and O–H groups in total. The van der Waals surface area contributed by atoms with Gasteiger partial charge < -0.3 is 14.9 Å². The van der Waals surface area contributed by atoms with Gasteiger partial charge in [-0.05, 0) is 32.4 Å². The quantitative estimate of drug-likeness (QED) is 0.870. The highest BCUT2D eigenvalue weighted by Crippen LogP contribution is 2.18. The van der Waals surface area contributed by atoms with Crippen LogP contribution in [0.15, 0.2) is 10.5 Å². The molecular weight excluding hydrogens is 216 g/mol. The van der Waals surface area contributed by atoms with E-state index in [9.17, 15) is 0 Å². The number of nitrogens with zero attached hydrogens (tertiary/aromatic N) is 1. The fraction of sp³-hybridized carbons (Fsp3) is 0.692. The number of nitrogens with two attached hydrogens (primary N) is 1. The summed E-state index contributed by atoms with van der Waals surface area (Å²) in [5, 5.41) is 0. The topological polar surface area (TPSA) is 51.6 Å². The molecule has 0 saturated carbocycles. The zero-order valence-corrected chi connectivity index (χ0v) is 10.9. The summed E-state index contributed by atoms with van der Waals surface area (Å²) in [6.07, 6.45) is 0.590. The van der Waals surface area contributed by atoms with Crippen LogP contribution in [0.1, 0.15) is 30.9 Å². The van der Waals surface area contributed by atoms with Crippen LogP contribution in [0.2, 0.25) is 0 Å². The predicted octanol–water partition coefficient (Wildman–Crippen LogP) is 1.66. The average Bonchev–Trinajstić information content (AvgIpc) is 2.57. The molecule has 1 saturated heterocycles. The molecule has 0 bridgehead atoms. The van der Waals surface area contributed by atoms with Crippen molar-refractivity contribution in [3.8, 4) is 0 Å².